The van der Waals surface area contributed by atoms with Crippen LogP contribution < -0.4 is 0 Å². The second-order valence-corrected chi connectivity index (χ2v) is 3.05. The lowest BCUT2D eigenvalue weighted by molar-refractivity contribution is -0.149. The summed E-state index contributed by atoms with van der Waals surface area (Å²) < 4.78 is 9.88. The molecule has 72 valence electrons. The first-order valence-corrected chi connectivity index (χ1v) is 4.41. The van der Waals surface area contributed by atoms with Gasteiger partial charge in [0.25, 0.3) is 0 Å². The van der Waals surface area contributed by atoms with Gasteiger partial charge >= 0.3 is 5.97 Å². The van der Waals surface area contributed by atoms with Gasteiger partial charge in [-0.2, -0.15) is 0 Å². The van der Waals surface area contributed by atoms with E-state index in [0.717, 1.165) is 12.0 Å². The molecule has 1 atom stereocenters. The van der Waals surface area contributed by atoms with Crippen LogP contribution in [0.4, 0.5) is 0 Å². The van der Waals surface area contributed by atoms with E-state index in [-0.39, 0.29) is 11.9 Å². The largest absolute Gasteiger partial charge is 0.472 e. The van der Waals surface area contributed by atoms with Crippen LogP contribution in [0.3, 0.4) is 0 Å². The molecule has 0 saturated heterocycles. The molecule has 1 heterocycles. The lowest BCUT2D eigenvalue weighted by Gasteiger charge is -2.07. The third-order valence-electron chi connectivity index (χ3n) is 1.98. The number of hydrogen-bond acceptors (Lipinski definition) is 3. The first-order chi connectivity index (χ1) is 6.24. The molecular weight excluding hydrogens is 168 g/mol. The van der Waals surface area contributed by atoms with E-state index < -0.39 is 0 Å². The van der Waals surface area contributed by atoms with Crippen molar-refractivity contribution >= 4 is 5.97 Å². The molecule has 3 heteroatoms. The first kappa shape index (κ1) is 9.84. The van der Waals surface area contributed by atoms with Gasteiger partial charge in [0.1, 0.15) is 6.61 Å². The van der Waals surface area contributed by atoms with Crippen LogP contribution in [-0.2, 0) is 16.1 Å². The van der Waals surface area contributed by atoms with Gasteiger partial charge in [0.15, 0.2) is 0 Å². The van der Waals surface area contributed by atoms with Gasteiger partial charge < -0.3 is 9.15 Å². The molecule has 3 nitrogen and oxygen atoms in total. The molecule has 1 rings (SSSR count). The highest BCUT2D eigenvalue weighted by molar-refractivity contribution is 5.71. The van der Waals surface area contributed by atoms with Gasteiger partial charge in [0.2, 0.25) is 0 Å². The minimum absolute atomic E-state index is 0.0214. The Kier molecular flexibility index (Phi) is 3.55. The summed E-state index contributed by atoms with van der Waals surface area (Å²) in [6.07, 6.45) is 3.94. The van der Waals surface area contributed by atoms with Gasteiger partial charge in [-0.3, -0.25) is 4.79 Å². The minimum atomic E-state index is -0.149. The van der Waals surface area contributed by atoms with Crippen LogP contribution in [0.15, 0.2) is 23.0 Å². The average molecular weight is 182 g/mol. The minimum Gasteiger partial charge on any atom is -0.472 e. The van der Waals surface area contributed by atoms with Gasteiger partial charge in [-0.05, 0) is 12.5 Å². The molecule has 0 amide bonds. The van der Waals surface area contributed by atoms with E-state index in [2.05, 4.69) is 0 Å². The normalized spacial score (nSPS) is 12.5. The summed E-state index contributed by atoms with van der Waals surface area (Å²) in [5, 5.41) is 0. The lowest BCUT2D eigenvalue weighted by atomic mass is 10.1. The Balaban J connectivity index is 2.31. The van der Waals surface area contributed by atoms with Crippen LogP contribution in [0.25, 0.3) is 0 Å². The third-order valence-corrected chi connectivity index (χ3v) is 1.98. The molecule has 0 spiro atoms. The van der Waals surface area contributed by atoms with Gasteiger partial charge in [0.05, 0.1) is 18.4 Å². The van der Waals surface area contributed by atoms with Crippen molar-refractivity contribution in [1.29, 1.82) is 0 Å². The number of rotatable bonds is 4. The Hall–Kier alpha value is -1.25. The maximum Gasteiger partial charge on any atom is 0.308 e. The molecule has 0 N–H and O–H groups in total. The van der Waals surface area contributed by atoms with E-state index in [1.807, 2.05) is 13.8 Å². The van der Waals surface area contributed by atoms with E-state index in [9.17, 15) is 4.79 Å². The highest BCUT2D eigenvalue weighted by atomic mass is 16.5. The summed E-state index contributed by atoms with van der Waals surface area (Å²) in [5.41, 5.74) is 0.886. The fourth-order valence-electron chi connectivity index (χ4n) is 0.838. The smallest absolute Gasteiger partial charge is 0.308 e. The molecule has 0 saturated carbocycles. The molecule has 0 radical (unpaired) electrons. The first-order valence-electron chi connectivity index (χ1n) is 4.41. The second kappa shape index (κ2) is 4.70. The van der Waals surface area contributed by atoms with Crippen LogP contribution in [0, 0.1) is 5.92 Å². The van der Waals surface area contributed by atoms with Crippen molar-refractivity contribution in [2.75, 3.05) is 0 Å². The van der Waals surface area contributed by atoms with Crippen LogP contribution in [-0.4, -0.2) is 5.97 Å². The van der Waals surface area contributed by atoms with E-state index in [1.54, 1.807) is 18.6 Å². The molecule has 13 heavy (non-hydrogen) atoms. The maximum absolute atomic E-state index is 11.2. The number of hydrogen-bond donors (Lipinski definition) is 0. The molecule has 0 bridgehead atoms. The van der Waals surface area contributed by atoms with Crippen molar-refractivity contribution < 1.29 is 13.9 Å². The predicted octanol–water partition coefficient (Wildman–Crippen LogP) is 2.37. The van der Waals surface area contributed by atoms with Crippen LogP contribution in [0.1, 0.15) is 25.8 Å². The topological polar surface area (TPSA) is 39.4 Å². The Morgan fingerprint density at radius 3 is 3.00 bits per heavy atom. The lowest BCUT2D eigenvalue weighted by Crippen LogP contribution is -2.13. The van der Waals surface area contributed by atoms with Gasteiger partial charge in [-0.15, -0.1) is 0 Å². The van der Waals surface area contributed by atoms with Gasteiger partial charge in [-0.25, -0.2) is 0 Å². The number of carbonyl (C=O) groups excluding carboxylic acids is 1. The summed E-state index contributed by atoms with van der Waals surface area (Å²) in [4.78, 5) is 11.2. The van der Waals surface area contributed by atoms with Gasteiger partial charge in [0, 0.05) is 5.56 Å². The van der Waals surface area contributed by atoms with Crippen molar-refractivity contribution in [2.24, 2.45) is 5.92 Å². The summed E-state index contributed by atoms with van der Waals surface area (Å²) >= 11 is 0. The summed E-state index contributed by atoms with van der Waals surface area (Å²) in [5.74, 6) is -0.171. The number of esters is 1. The SMILES string of the molecule is CCC(C)C(=O)OCc1ccoc1. The molecule has 1 aromatic heterocycles. The second-order valence-electron chi connectivity index (χ2n) is 3.05. The van der Waals surface area contributed by atoms with Crippen LogP contribution >= 0.6 is 0 Å². The number of carbonyl (C=O) groups is 1. The quantitative estimate of drug-likeness (QED) is 0.671. The van der Waals surface area contributed by atoms with Gasteiger partial charge in [-0.1, -0.05) is 13.8 Å². The third kappa shape index (κ3) is 2.93. The standard InChI is InChI=1S/C10H14O3/c1-3-8(2)10(11)13-7-9-4-5-12-6-9/h4-6,8H,3,7H2,1-2H3. The van der Waals surface area contributed by atoms with E-state index in [0.29, 0.717) is 6.61 Å². The molecule has 0 aliphatic rings. The molecule has 0 aromatic carbocycles. The van der Waals surface area contributed by atoms with Crippen molar-refractivity contribution in [3.05, 3.63) is 24.2 Å². The molecular formula is C10H14O3. The number of ether oxygens (including phenoxy) is 1. The summed E-state index contributed by atoms with van der Waals surface area (Å²) in [7, 11) is 0. The highest BCUT2D eigenvalue weighted by Gasteiger charge is 2.11. The fourth-order valence-corrected chi connectivity index (χ4v) is 0.838. The Morgan fingerprint density at radius 2 is 2.46 bits per heavy atom. The highest BCUT2D eigenvalue weighted by Crippen LogP contribution is 2.07. The summed E-state index contributed by atoms with van der Waals surface area (Å²) in [6, 6.07) is 1.78. The van der Waals surface area contributed by atoms with E-state index in [1.165, 1.54) is 0 Å². The zero-order valence-electron chi connectivity index (χ0n) is 7.95. The number of furan rings is 1. The Labute approximate surface area is 77.7 Å². The van der Waals surface area contributed by atoms with Crippen LogP contribution in [0.5, 0.6) is 0 Å². The zero-order valence-corrected chi connectivity index (χ0v) is 7.95. The fraction of sp³-hybridized carbons (Fsp3) is 0.500. The van der Waals surface area contributed by atoms with Crippen LogP contribution in [0.2, 0.25) is 0 Å². The maximum atomic E-state index is 11.2. The van der Waals surface area contributed by atoms with E-state index >= 15 is 0 Å². The molecule has 0 aliphatic carbocycles. The zero-order chi connectivity index (χ0) is 9.68. The van der Waals surface area contributed by atoms with Crippen molar-refractivity contribution in [1.82, 2.24) is 0 Å². The molecule has 0 fully saturated rings. The molecule has 0 aliphatic heterocycles. The van der Waals surface area contributed by atoms with Crippen molar-refractivity contribution in [3.8, 4) is 0 Å². The Morgan fingerprint density at radius 1 is 1.69 bits per heavy atom. The Bertz CT molecular complexity index is 251. The average Bonchev–Trinajstić information content (AvgIpc) is 2.65. The predicted molar refractivity (Wildman–Crippen MR) is 48.0 cm³/mol. The van der Waals surface area contributed by atoms with Crippen molar-refractivity contribution in [3.63, 3.8) is 0 Å². The van der Waals surface area contributed by atoms with E-state index in [4.69, 9.17) is 9.15 Å². The molecule has 1 unspecified atom stereocenters. The van der Waals surface area contributed by atoms with Crippen molar-refractivity contribution in [2.45, 2.75) is 26.9 Å². The monoisotopic (exact) mass is 182 g/mol. The summed E-state index contributed by atoms with van der Waals surface area (Å²) in [6.45, 7) is 4.13. The molecule has 1 aromatic rings.